The van der Waals surface area contributed by atoms with E-state index < -0.39 is 0 Å². The van der Waals surface area contributed by atoms with Crippen LogP contribution in [0.5, 0.6) is 0 Å². The number of benzene rings is 1. The molecule has 0 aliphatic rings. The van der Waals surface area contributed by atoms with Crippen LogP contribution in [0.1, 0.15) is 10.4 Å². The smallest absolute Gasteiger partial charge is 0.238 e. The summed E-state index contributed by atoms with van der Waals surface area (Å²) in [5.74, 6) is -0.0610. The molecule has 0 saturated carbocycles. The zero-order valence-corrected chi connectivity index (χ0v) is 14.4. The third-order valence-electron chi connectivity index (χ3n) is 3.03. The number of rotatable bonds is 5. The highest BCUT2D eigenvalue weighted by Gasteiger charge is 2.11. The molecular weight excluding hydrogens is 350 g/mol. The minimum absolute atomic E-state index is 0.0610. The van der Waals surface area contributed by atoms with E-state index in [0.29, 0.717) is 17.9 Å². The number of thiophene rings is 1. The minimum Gasteiger partial charge on any atom is -0.397 e. The molecule has 0 radical (unpaired) electrons. The summed E-state index contributed by atoms with van der Waals surface area (Å²) in [6.45, 7) is 3.00. The lowest BCUT2D eigenvalue weighted by Gasteiger charge is -2.16. The van der Waals surface area contributed by atoms with Crippen molar-refractivity contribution in [2.45, 2.75) is 13.5 Å². The number of nitrogens with one attached hydrogen (secondary N) is 1. The van der Waals surface area contributed by atoms with Gasteiger partial charge in [0.2, 0.25) is 5.91 Å². The van der Waals surface area contributed by atoms with E-state index in [-0.39, 0.29) is 5.91 Å². The maximum absolute atomic E-state index is 12.1. The van der Waals surface area contributed by atoms with Gasteiger partial charge in [-0.2, -0.15) is 0 Å². The van der Waals surface area contributed by atoms with Gasteiger partial charge in [0.15, 0.2) is 0 Å². The predicted molar refractivity (Wildman–Crippen MR) is 92.6 cm³/mol. The minimum atomic E-state index is -0.0610. The van der Waals surface area contributed by atoms with Gasteiger partial charge in [-0.1, -0.05) is 12.1 Å². The molecule has 0 aliphatic carbocycles. The number of para-hydroxylation sites is 1. The Kier molecular flexibility index (Phi) is 5.39. The topological polar surface area (TPSA) is 58.4 Å². The number of aryl methyl sites for hydroxylation is 1. The van der Waals surface area contributed by atoms with E-state index in [1.54, 1.807) is 17.4 Å². The van der Waals surface area contributed by atoms with Gasteiger partial charge in [0, 0.05) is 21.3 Å². The van der Waals surface area contributed by atoms with Crippen molar-refractivity contribution in [3.8, 4) is 0 Å². The van der Waals surface area contributed by atoms with Crippen LogP contribution in [-0.4, -0.2) is 24.4 Å². The number of nitrogen functional groups attached to an aromatic ring is 1. The van der Waals surface area contributed by atoms with Gasteiger partial charge in [0.1, 0.15) is 0 Å². The molecule has 3 N–H and O–H groups in total. The molecule has 1 heterocycles. The molecule has 0 bridgehead atoms. The van der Waals surface area contributed by atoms with E-state index in [2.05, 4.69) is 27.3 Å². The SMILES string of the molecule is Cc1cccc(N)c1NC(=O)CN(C)Cc1cc(Br)cs1. The quantitative estimate of drug-likeness (QED) is 0.795. The second-order valence-corrected chi connectivity index (χ2v) is 6.90. The molecule has 112 valence electrons. The molecular formula is C15H18BrN3OS. The maximum Gasteiger partial charge on any atom is 0.238 e. The van der Waals surface area contributed by atoms with Crippen LogP contribution in [0.15, 0.2) is 34.1 Å². The van der Waals surface area contributed by atoms with E-state index in [1.807, 2.05) is 36.4 Å². The van der Waals surface area contributed by atoms with Gasteiger partial charge in [0.25, 0.3) is 0 Å². The number of carbonyl (C=O) groups is 1. The highest BCUT2D eigenvalue weighted by molar-refractivity contribution is 9.10. The Hall–Kier alpha value is -1.37. The van der Waals surface area contributed by atoms with Crippen LogP contribution in [0.3, 0.4) is 0 Å². The van der Waals surface area contributed by atoms with Crippen LogP contribution >= 0.6 is 27.3 Å². The van der Waals surface area contributed by atoms with Crippen molar-refractivity contribution in [2.24, 2.45) is 0 Å². The van der Waals surface area contributed by atoms with Crippen LogP contribution in [0.4, 0.5) is 11.4 Å². The van der Waals surface area contributed by atoms with Crippen molar-refractivity contribution in [2.75, 3.05) is 24.6 Å². The van der Waals surface area contributed by atoms with E-state index in [9.17, 15) is 4.79 Å². The second kappa shape index (κ2) is 7.06. The first-order chi connectivity index (χ1) is 9.95. The molecule has 2 aromatic rings. The summed E-state index contributed by atoms with van der Waals surface area (Å²) in [6.07, 6.45) is 0. The first-order valence-electron chi connectivity index (χ1n) is 6.52. The third kappa shape index (κ3) is 4.56. The number of halogens is 1. The molecule has 0 atom stereocenters. The van der Waals surface area contributed by atoms with Crippen molar-refractivity contribution in [1.82, 2.24) is 4.90 Å². The molecule has 2 rings (SSSR count). The van der Waals surface area contributed by atoms with Crippen molar-refractivity contribution in [1.29, 1.82) is 0 Å². The van der Waals surface area contributed by atoms with E-state index in [0.717, 1.165) is 16.6 Å². The Labute approximate surface area is 137 Å². The first kappa shape index (κ1) is 16.0. The summed E-state index contributed by atoms with van der Waals surface area (Å²) in [5.41, 5.74) is 8.16. The summed E-state index contributed by atoms with van der Waals surface area (Å²) in [7, 11) is 1.93. The predicted octanol–water partition coefficient (Wildman–Crippen LogP) is 3.47. The summed E-state index contributed by atoms with van der Waals surface area (Å²) in [5, 5.41) is 4.93. The fraction of sp³-hybridized carbons (Fsp3) is 0.267. The average molecular weight is 368 g/mol. The summed E-state index contributed by atoms with van der Waals surface area (Å²) >= 11 is 5.11. The average Bonchev–Trinajstić information content (AvgIpc) is 2.79. The third-order valence-corrected chi connectivity index (χ3v) is 4.71. The Morgan fingerprint density at radius 1 is 1.48 bits per heavy atom. The van der Waals surface area contributed by atoms with E-state index >= 15 is 0 Å². The van der Waals surface area contributed by atoms with Gasteiger partial charge >= 0.3 is 0 Å². The maximum atomic E-state index is 12.1. The number of amides is 1. The molecule has 21 heavy (non-hydrogen) atoms. The van der Waals surface area contributed by atoms with Gasteiger partial charge in [0.05, 0.1) is 17.9 Å². The second-order valence-electron chi connectivity index (χ2n) is 4.99. The van der Waals surface area contributed by atoms with E-state index in [1.165, 1.54) is 4.88 Å². The Morgan fingerprint density at radius 2 is 2.24 bits per heavy atom. The number of hydrogen-bond donors (Lipinski definition) is 2. The molecule has 0 saturated heterocycles. The number of carbonyl (C=O) groups excluding carboxylic acids is 1. The van der Waals surface area contributed by atoms with Crippen LogP contribution in [-0.2, 0) is 11.3 Å². The lowest BCUT2D eigenvalue weighted by atomic mass is 10.1. The number of likely N-dealkylation sites (N-methyl/N-ethyl adjacent to an activating group) is 1. The van der Waals surface area contributed by atoms with E-state index in [4.69, 9.17) is 5.73 Å². The molecule has 1 amide bonds. The van der Waals surface area contributed by atoms with Crippen molar-refractivity contribution >= 4 is 44.5 Å². The summed E-state index contributed by atoms with van der Waals surface area (Å²) < 4.78 is 1.08. The lowest BCUT2D eigenvalue weighted by Crippen LogP contribution is -2.30. The number of anilines is 2. The van der Waals surface area contributed by atoms with Crippen molar-refractivity contribution < 1.29 is 4.79 Å². The summed E-state index contributed by atoms with van der Waals surface area (Å²) in [4.78, 5) is 15.3. The highest BCUT2D eigenvalue weighted by atomic mass is 79.9. The molecule has 1 aromatic carbocycles. The fourth-order valence-electron chi connectivity index (χ4n) is 2.04. The molecule has 0 fully saturated rings. The molecule has 0 spiro atoms. The molecule has 1 aromatic heterocycles. The Bertz CT molecular complexity index is 621. The number of nitrogens with two attached hydrogens (primary N) is 1. The van der Waals surface area contributed by atoms with Gasteiger partial charge in [-0.25, -0.2) is 0 Å². The van der Waals surface area contributed by atoms with Crippen molar-refractivity contribution in [3.05, 3.63) is 44.6 Å². The standard InChI is InChI=1S/C15H18BrN3OS/c1-10-4-3-5-13(17)15(10)18-14(20)8-19(2)7-12-6-11(16)9-21-12/h3-6,9H,7-8,17H2,1-2H3,(H,18,20). The summed E-state index contributed by atoms with van der Waals surface area (Å²) in [6, 6.07) is 7.66. The van der Waals surface area contributed by atoms with Crippen LogP contribution in [0.2, 0.25) is 0 Å². The van der Waals surface area contributed by atoms with Gasteiger partial charge in [-0.05, 0) is 47.6 Å². The Morgan fingerprint density at radius 3 is 2.86 bits per heavy atom. The first-order valence-corrected chi connectivity index (χ1v) is 8.19. The largest absolute Gasteiger partial charge is 0.397 e. The van der Waals surface area contributed by atoms with Crippen LogP contribution in [0, 0.1) is 6.92 Å². The normalized spacial score (nSPS) is 10.9. The van der Waals surface area contributed by atoms with Crippen molar-refractivity contribution in [3.63, 3.8) is 0 Å². The van der Waals surface area contributed by atoms with Crippen LogP contribution in [0.25, 0.3) is 0 Å². The molecule has 0 unspecified atom stereocenters. The monoisotopic (exact) mass is 367 g/mol. The lowest BCUT2D eigenvalue weighted by molar-refractivity contribution is -0.117. The number of hydrogen-bond acceptors (Lipinski definition) is 4. The zero-order valence-electron chi connectivity index (χ0n) is 12.0. The molecule has 0 aliphatic heterocycles. The Balaban J connectivity index is 1.92. The van der Waals surface area contributed by atoms with Crippen LogP contribution < -0.4 is 11.1 Å². The zero-order chi connectivity index (χ0) is 15.4. The van der Waals surface area contributed by atoms with Gasteiger partial charge < -0.3 is 11.1 Å². The fourth-order valence-corrected chi connectivity index (χ4v) is 3.57. The highest BCUT2D eigenvalue weighted by Crippen LogP contribution is 2.23. The number of nitrogens with zero attached hydrogens (tertiary/aromatic N) is 1. The van der Waals surface area contributed by atoms with Gasteiger partial charge in [-0.3, -0.25) is 9.69 Å². The molecule has 6 heteroatoms. The van der Waals surface area contributed by atoms with Gasteiger partial charge in [-0.15, -0.1) is 11.3 Å². The molecule has 4 nitrogen and oxygen atoms in total.